The molecule has 3 heteroatoms. The van der Waals surface area contributed by atoms with E-state index in [0.29, 0.717) is 18.6 Å². The first-order valence-electron chi connectivity index (χ1n) is 9.08. The van der Waals surface area contributed by atoms with Gasteiger partial charge in [0.05, 0.1) is 11.7 Å². The van der Waals surface area contributed by atoms with Crippen molar-refractivity contribution < 1.29 is 9.21 Å². The quantitative estimate of drug-likeness (QED) is 0.728. The lowest BCUT2D eigenvalue weighted by Crippen LogP contribution is -2.41. The van der Waals surface area contributed by atoms with Crippen molar-refractivity contribution >= 4 is 5.78 Å². The molecule has 0 spiro atoms. The van der Waals surface area contributed by atoms with Crippen LogP contribution in [0, 0.1) is 0 Å². The third kappa shape index (κ3) is 3.62. The molecule has 1 aromatic carbocycles. The molecule has 1 fully saturated rings. The minimum atomic E-state index is -0.490. The van der Waals surface area contributed by atoms with Gasteiger partial charge in [-0.1, -0.05) is 37.3 Å². The Kier molecular flexibility index (Phi) is 5.52. The lowest BCUT2D eigenvalue weighted by molar-refractivity contribution is -0.125. The van der Waals surface area contributed by atoms with Crippen molar-refractivity contribution in [2.24, 2.45) is 0 Å². The van der Waals surface area contributed by atoms with E-state index in [2.05, 4.69) is 17.0 Å². The predicted octanol–water partition coefficient (Wildman–Crippen LogP) is 4.23. The molecule has 0 aliphatic carbocycles. The van der Waals surface area contributed by atoms with Crippen LogP contribution in [0.15, 0.2) is 53.1 Å². The summed E-state index contributed by atoms with van der Waals surface area (Å²) < 4.78 is 5.61. The second kappa shape index (κ2) is 7.80. The van der Waals surface area contributed by atoms with E-state index in [1.807, 2.05) is 37.3 Å². The Morgan fingerprint density at radius 2 is 1.88 bits per heavy atom. The largest absolute Gasteiger partial charge is 0.469 e. The van der Waals surface area contributed by atoms with E-state index in [1.54, 1.807) is 6.26 Å². The van der Waals surface area contributed by atoms with E-state index in [9.17, 15) is 4.79 Å². The number of carbonyl (C=O) groups excluding carboxylic acids is 1. The monoisotopic (exact) mass is 325 g/mol. The molecule has 128 valence electrons. The molecule has 3 nitrogen and oxygen atoms in total. The Morgan fingerprint density at radius 3 is 2.50 bits per heavy atom. The third-order valence-corrected chi connectivity index (χ3v) is 5.29. The number of hydrogen-bond donors (Lipinski definition) is 0. The molecule has 1 aliphatic rings. The zero-order valence-electron chi connectivity index (χ0n) is 14.5. The zero-order chi connectivity index (χ0) is 16.8. The van der Waals surface area contributed by atoms with Gasteiger partial charge in [-0.05, 0) is 56.6 Å². The number of Topliss-reactive ketones (excluding diaryl/α,β-unsaturated/α-hetero) is 1. The molecule has 1 unspecified atom stereocenters. The molecule has 0 bridgehead atoms. The van der Waals surface area contributed by atoms with Gasteiger partial charge in [0.25, 0.3) is 0 Å². The molecule has 0 radical (unpaired) electrons. The van der Waals surface area contributed by atoms with E-state index in [4.69, 9.17) is 4.42 Å². The van der Waals surface area contributed by atoms with E-state index >= 15 is 0 Å². The number of rotatable bonds is 8. The Labute approximate surface area is 144 Å². The van der Waals surface area contributed by atoms with E-state index < -0.39 is 5.41 Å². The van der Waals surface area contributed by atoms with Crippen LogP contribution in [0.1, 0.15) is 43.9 Å². The molecule has 1 aromatic heterocycles. The number of ketones is 1. The van der Waals surface area contributed by atoms with Crippen molar-refractivity contribution in [3.8, 4) is 0 Å². The summed E-state index contributed by atoms with van der Waals surface area (Å²) >= 11 is 0. The fourth-order valence-electron chi connectivity index (χ4n) is 3.90. The Balaban J connectivity index is 1.93. The Morgan fingerprint density at radius 1 is 1.12 bits per heavy atom. The molecular formula is C21H27NO2. The second-order valence-electron chi connectivity index (χ2n) is 6.78. The van der Waals surface area contributed by atoms with Gasteiger partial charge in [-0.2, -0.15) is 0 Å². The fraction of sp³-hybridized carbons (Fsp3) is 0.476. The molecule has 0 N–H and O–H groups in total. The molecule has 1 atom stereocenters. The van der Waals surface area contributed by atoms with E-state index in [1.165, 1.54) is 12.8 Å². The summed E-state index contributed by atoms with van der Waals surface area (Å²) in [5.74, 6) is 1.20. The van der Waals surface area contributed by atoms with Crippen molar-refractivity contribution in [1.29, 1.82) is 0 Å². The third-order valence-electron chi connectivity index (χ3n) is 5.29. The highest BCUT2D eigenvalue weighted by atomic mass is 16.3. The first-order valence-corrected chi connectivity index (χ1v) is 9.08. The highest BCUT2D eigenvalue weighted by molar-refractivity contribution is 5.90. The number of benzene rings is 1. The normalized spacial score (nSPS) is 17.7. The van der Waals surface area contributed by atoms with Gasteiger partial charge in [-0.15, -0.1) is 0 Å². The van der Waals surface area contributed by atoms with Crippen molar-refractivity contribution in [1.82, 2.24) is 4.90 Å². The van der Waals surface area contributed by atoms with Crippen LogP contribution in [0.4, 0.5) is 0 Å². The summed E-state index contributed by atoms with van der Waals surface area (Å²) in [6.07, 6.45) is 6.29. The lowest BCUT2D eigenvalue weighted by Gasteiger charge is -2.34. The summed E-state index contributed by atoms with van der Waals surface area (Å²) in [7, 11) is 0. The molecule has 1 aliphatic heterocycles. The molecule has 0 saturated carbocycles. The predicted molar refractivity (Wildman–Crippen MR) is 96.1 cm³/mol. The maximum atomic E-state index is 13.1. The summed E-state index contributed by atoms with van der Waals surface area (Å²) in [5, 5.41) is 0. The van der Waals surface area contributed by atoms with Crippen LogP contribution in [0.3, 0.4) is 0 Å². The zero-order valence-corrected chi connectivity index (χ0v) is 14.5. The van der Waals surface area contributed by atoms with Crippen LogP contribution in [0.5, 0.6) is 0 Å². The van der Waals surface area contributed by atoms with Crippen LogP contribution in [-0.2, 0) is 16.6 Å². The van der Waals surface area contributed by atoms with E-state index in [-0.39, 0.29) is 0 Å². The molecule has 1 saturated heterocycles. The molecular weight excluding hydrogens is 298 g/mol. The number of likely N-dealkylation sites (tertiary alicyclic amines) is 1. The van der Waals surface area contributed by atoms with Crippen LogP contribution >= 0.6 is 0 Å². The first kappa shape index (κ1) is 17.0. The van der Waals surface area contributed by atoms with Gasteiger partial charge in [0.1, 0.15) is 11.5 Å². The Hall–Kier alpha value is -1.87. The van der Waals surface area contributed by atoms with Gasteiger partial charge < -0.3 is 9.32 Å². The average molecular weight is 325 g/mol. The minimum absolute atomic E-state index is 0.310. The van der Waals surface area contributed by atoms with Crippen LogP contribution in [-0.4, -0.2) is 30.3 Å². The molecule has 0 amide bonds. The molecule has 2 aromatic rings. The molecule has 24 heavy (non-hydrogen) atoms. The summed E-state index contributed by atoms with van der Waals surface area (Å²) in [4.78, 5) is 15.6. The van der Waals surface area contributed by atoms with Gasteiger partial charge in [-0.25, -0.2) is 0 Å². The lowest BCUT2D eigenvalue weighted by atomic mass is 9.70. The molecule has 2 heterocycles. The van der Waals surface area contributed by atoms with Crippen LogP contribution in [0.2, 0.25) is 0 Å². The summed E-state index contributed by atoms with van der Waals surface area (Å²) in [5.41, 5.74) is 0.628. The van der Waals surface area contributed by atoms with Crippen molar-refractivity contribution in [3.63, 3.8) is 0 Å². The SMILES string of the molecule is CCC(=O)C(CCN1CCCC1)(Cc1ccco1)c1ccccc1. The molecule has 3 rings (SSSR count). The standard InChI is InChI=1S/C21H27NO2/c1-2-20(23)21(17-19-11-8-16-24-19,18-9-4-3-5-10-18)12-15-22-13-6-7-14-22/h3-5,8-11,16H,2,6-7,12-15,17H2,1H3. The maximum absolute atomic E-state index is 13.1. The number of carbonyl (C=O) groups is 1. The fourth-order valence-corrected chi connectivity index (χ4v) is 3.90. The number of furan rings is 1. The van der Waals surface area contributed by atoms with Gasteiger partial charge in [0, 0.05) is 12.8 Å². The van der Waals surface area contributed by atoms with Crippen molar-refractivity contribution in [2.75, 3.05) is 19.6 Å². The first-order chi connectivity index (χ1) is 11.7. The highest BCUT2D eigenvalue weighted by Gasteiger charge is 2.39. The minimum Gasteiger partial charge on any atom is -0.469 e. The Bertz CT molecular complexity index is 629. The van der Waals surface area contributed by atoms with Crippen LogP contribution < -0.4 is 0 Å². The van der Waals surface area contributed by atoms with Gasteiger partial charge in [0.15, 0.2) is 0 Å². The van der Waals surface area contributed by atoms with E-state index in [0.717, 1.165) is 37.4 Å². The maximum Gasteiger partial charge on any atom is 0.143 e. The number of hydrogen-bond acceptors (Lipinski definition) is 3. The summed E-state index contributed by atoms with van der Waals surface area (Å²) in [6.45, 7) is 5.26. The van der Waals surface area contributed by atoms with Gasteiger partial charge >= 0.3 is 0 Å². The van der Waals surface area contributed by atoms with Crippen molar-refractivity contribution in [3.05, 3.63) is 60.1 Å². The number of nitrogens with zero attached hydrogens (tertiary/aromatic N) is 1. The smallest absolute Gasteiger partial charge is 0.143 e. The highest BCUT2D eigenvalue weighted by Crippen LogP contribution is 2.35. The van der Waals surface area contributed by atoms with Crippen LogP contribution in [0.25, 0.3) is 0 Å². The van der Waals surface area contributed by atoms with Gasteiger partial charge in [-0.3, -0.25) is 4.79 Å². The summed E-state index contributed by atoms with van der Waals surface area (Å²) in [6, 6.07) is 14.2. The average Bonchev–Trinajstić information content (AvgIpc) is 3.32. The van der Waals surface area contributed by atoms with Gasteiger partial charge in [0.2, 0.25) is 0 Å². The van der Waals surface area contributed by atoms with Crippen molar-refractivity contribution in [2.45, 2.75) is 44.4 Å². The second-order valence-corrected chi connectivity index (χ2v) is 6.78. The topological polar surface area (TPSA) is 33.5 Å².